The fourth-order valence-electron chi connectivity index (χ4n) is 2.00. The van der Waals surface area contributed by atoms with Gasteiger partial charge < -0.3 is 9.73 Å². The van der Waals surface area contributed by atoms with Crippen molar-refractivity contribution in [3.63, 3.8) is 0 Å². The molecule has 0 saturated heterocycles. The zero-order chi connectivity index (χ0) is 15.6. The lowest BCUT2D eigenvalue weighted by molar-refractivity contribution is 0.466. The summed E-state index contributed by atoms with van der Waals surface area (Å²) >= 11 is 0. The summed E-state index contributed by atoms with van der Waals surface area (Å²) in [6, 6.07) is 6.91. The van der Waals surface area contributed by atoms with E-state index in [0.29, 0.717) is 18.1 Å². The maximum Gasteiger partial charge on any atom is 0.267 e. The molecule has 7 heteroatoms. The summed E-state index contributed by atoms with van der Waals surface area (Å²) in [4.78, 5) is 0.0829. The second kappa shape index (κ2) is 5.87. The van der Waals surface area contributed by atoms with E-state index in [2.05, 4.69) is 5.32 Å². The Hall–Kier alpha value is -1.86. The third kappa shape index (κ3) is 3.08. The first-order chi connectivity index (χ1) is 9.86. The highest BCUT2D eigenvalue weighted by molar-refractivity contribution is 7.92. The SMILES string of the molecule is CNCc1cc(S(=O)(=O)N(C)c2cccc(F)c2)c(C)o1. The van der Waals surface area contributed by atoms with Crippen molar-refractivity contribution >= 4 is 15.7 Å². The average molecular weight is 312 g/mol. The number of anilines is 1. The maximum atomic E-state index is 13.3. The van der Waals surface area contributed by atoms with Crippen LogP contribution >= 0.6 is 0 Å². The van der Waals surface area contributed by atoms with Crippen molar-refractivity contribution in [2.75, 3.05) is 18.4 Å². The molecule has 0 aliphatic carbocycles. The van der Waals surface area contributed by atoms with Crippen LogP contribution in [0.1, 0.15) is 11.5 Å². The number of rotatable bonds is 5. The monoisotopic (exact) mass is 312 g/mol. The van der Waals surface area contributed by atoms with E-state index in [1.54, 1.807) is 14.0 Å². The molecule has 0 radical (unpaired) electrons. The lowest BCUT2D eigenvalue weighted by Crippen LogP contribution is -2.26. The largest absolute Gasteiger partial charge is 0.464 e. The minimum absolute atomic E-state index is 0.0829. The summed E-state index contributed by atoms with van der Waals surface area (Å²) < 4.78 is 44.9. The Morgan fingerprint density at radius 1 is 1.33 bits per heavy atom. The van der Waals surface area contributed by atoms with Gasteiger partial charge in [-0.15, -0.1) is 0 Å². The second-order valence-corrected chi connectivity index (χ2v) is 6.55. The molecule has 114 valence electrons. The molecule has 0 unspecified atom stereocenters. The molecule has 1 aromatic heterocycles. The second-order valence-electron chi connectivity index (χ2n) is 4.62. The third-order valence-corrected chi connectivity index (χ3v) is 4.98. The van der Waals surface area contributed by atoms with Gasteiger partial charge in [-0.05, 0) is 32.2 Å². The highest BCUT2D eigenvalue weighted by Gasteiger charge is 2.26. The number of aryl methyl sites for hydroxylation is 1. The topological polar surface area (TPSA) is 62.6 Å². The number of nitrogens with zero attached hydrogens (tertiary/aromatic N) is 1. The van der Waals surface area contributed by atoms with Gasteiger partial charge in [-0.3, -0.25) is 4.31 Å². The number of hydrogen-bond acceptors (Lipinski definition) is 4. The van der Waals surface area contributed by atoms with Gasteiger partial charge in [-0.1, -0.05) is 6.07 Å². The van der Waals surface area contributed by atoms with Crippen LogP contribution in [0.25, 0.3) is 0 Å². The molecule has 0 atom stereocenters. The Balaban J connectivity index is 2.42. The van der Waals surface area contributed by atoms with Crippen molar-refractivity contribution in [1.82, 2.24) is 5.32 Å². The van der Waals surface area contributed by atoms with Crippen LogP contribution in [0.4, 0.5) is 10.1 Å². The summed E-state index contributed by atoms with van der Waals surface area (Å²) in [6.07, 6.45) is 0. The molecule has 0 bridgehead atoms. The van der Waals surface area contributed by atoms with Crippen LogP contribution in [-0.4, -0.2) is 22.5 Å². The van der Waals surface area contributed by atoms with Crippen LogP contribution < -0.4 is 9.62 Å². The first kappa shape index (κ1) is 15.5. The van der Waals surface area contributed by atoms with Crippen LogP contribution in [0, 0.1) is 12.7 Å². The van der Waals surface area contributed by atoms with Crippen LogP contribution in [0.2, 0.25) is 0 Å². The summed E-state index contributed by atoms with van der Waals surface area (Å²) in [5, 5.41) is 2.89. The number of halogens is 1. The molecule has 1 N–H and O–H groups in total. The Labute approximate surface area is 123 Å². The standard InChI is InChI=1S/C14H17FN2O3S/c1-10-14(8-13(20-10)9-16-2)21(18,19)17(3)12-6-4-5-11(15)7-12/h4-8,16H,9H2,1-3H3. The van der Waals surface area contributed by atoms with E-state index >= 15 is 0 Å². The van der Waals surface area contributed by atoms with Crippen molar-refractivity contribution in [2.45, 2.75) is 18.4 Å². The predicted octanol–water partition coefficient (Wildman–Crippen LogP) is 2.27. The Bertz CT molecular complexity index is 740. The molecule has 1 heterocycles. The zero-order valence-corrected chi connectivity index (χ0v) is 12.9. The van der Waals surface area contributed by atoms with Crippen molar-refractivity contribution in [3.05, 3.63) is 47.7 Å². The van der Waals surface area contributed by atoms with E-state index in [1.165, 1.54) is 37.4 Å². The Morgan fingerprint density at radius 2 is 2.05 bits per heavy atom. The molecule has 2 aromatic rings. The number of sulfonamides is 1. The zero-order valence-electron chi connectivity index (χ0n) is 12.1. The summed E-state index contributed by atoms with van der Waals surface area (Å²) in [7, 11) is -0.668. The Kier molecular flexibility index (Phi) is 4.34. The van der Waals surface area contributed by atoms with E-state index in [1.807, 2.05) is 0 Å². The smallest absolute Gasteiger partial charge is 0.267 e. The van der Waals surface area contributed by atoms with Gasteiger partial charge in [0.15, 0.2) is 0 Å². The molecule has 2 rings (SSSR count). The quantitative estimate of drug-likeness (QED) is 0.920. The van der Waals surface area contributed by atoms with Gasteiger partial charge in [0, 0.05) is 13.1 Å². The van der Waals surface area contributed by atoms with E-state index in [0.717, 1.165) is 4.31 Å². The van der Waals surface area contributed by atoms with Gasteiger partial charge in [0.2, 0.25) is 0 Å². The first-order valence-electron chi connectivity index (χ1n) is 6.34. The van der Waals surface area contributed by atoms with Gasteiger partial charge in [-0.25, -0.2) is 12.8 Å². The molecular weight excluding hydrogens is 295 g/mol. The molecule has 0 aliphatic rings. The van der Waals surface area contributed by atoms with Crippen LogP contribution in [0.3, 0.4) is 0 Å². The maximum absolute atomic E-state index is 13.3. The van der Waals surface area contributed by atoms with Gasteiger partial charge >= 0.3 is 0 Å². The average Bonchev–Trinajstić information content (AvgIpc) is 2.80. The normalized spacial score (nSPS) is 11.6. The minimum atomic E-state index is -3.79. The summed E-state index contributed by atoms with van der Waals surface area (Å²) in [5.41, 5.74) is 0.255. The van der Waals surface area contributed by atoms with Crippen LogP contribution in [0.5, 0.6) is 0 Å². The molecule has 0 fully saturated rings. The molecule has 0 spiro atoms. The highest BCUT2D eigenvalue weighted by atomic mass is 32.2. The molecule has 5 nitrogen and oxygen atoms in total. The lowest BCUT2D eigenvalue weighted by Gasteiger charge is -2.18. The van der Waals surface area contributed by atoms with Crippen molar-refractivity contribution < 1.29 is 17.2 Å². The molecule has 0 amide bonds. The van der Waals surface area contributed by atoms with Crippen molar-refractivity contribution in [3.8, 4) is 0 Å². The molecule has 21 heavy (non-hydrogen) atoms. The van der Waals surface area contributed by atoms with Gasteiger partial charge in [0.1, 0.15) is 22.2 Å². The summed E-state index contributed by atoms with van der Waals surface area (Å²) in [5.74, 6) is 0.346. The fourth-order valence-corrected chi connectivity index (χ4v) is 3.37. The lowest BCUT2D eigenvalue weighted by atomic mass is 10.3. The van der Waals surface area contributed by atoms with E-state index in [-0.39, 0.29) is 10.6 Å². The van der Waals surface area contributed by atoms with E-state index in [9.17, 15) is 12.8 Å². The predicted molar refractivity (Wildman–Crippen MR) is 78.2 cm³/mol. The minimum Gasteiger partial charge on any atom is -0.464 e. The highest BCUT2D eigenvalue weighted by Crippen LogP contribution is 2.27. The van der Waals surface area contributed by atoms with E-state index in [4.69, 9.17) is 4.42 Å². The van der Waals surface area contributed by atoms with Crippen molar-refractivity contribution in [2.24, 2.45) is 0 Å². The van der Waals surface area contributed by atoms with Crippen LogP contribution in [0.15, 0.2) is 39.6 Å². The van der Waals surface area contributed by atoms with Crippen molar-refractivity contribution in [1.29, 1.82) is 0 Å². The van der Waals surface area contributed by atoms with Gasteiger partial charge in [0.25, 0.3) is 10.0 Å². The molecule has 0 aliphatic heterocycles. The Morgan fingerprint density at radius 3 is 2.67 bits per heavy atom. The van der Waals surface area contributed by atoms with E-state index < -0.39 is 15.8 Å². The fraction of sp³-hybridized carbons (Fsp3) is 0.286. The molecule has 1 aromatic carbocycles. The number of benzene rings is 1. The number of furan rings is 1. The third-order valence-electron chi connectivity index (χ3n) is 3.08. The van der Waals surface area contributed by atoms with Gasteiger partial charge in [-0.2, -0.15) is 0 Å². The summed E-state index contributed by atoms with van der Waals surface area (Å²) in [6.45, 7) is 2.02. The van der Waals surface area contributed by atoms with Gasteiger partial charge in [0.05, 0.1) is 12.2 Å². The molecular formula is C14H17FN2O3S. The van der Waals surface area contributed by atoms with Crippen LogP contribution in [-0.2, 0) is 16.6 Å². The number of hydrogen-bond donors (Lipinski definition) is 1. The number of nitrogens with one attached hydrogen (secondary N) is 1. The first-order valence-corrected chi connectivity index (χ1v) is 7.78. The molecule has 0 saturated carbocycles.